The summed E-state index contributed by atoms with van der Waals surface area (Å²) in [6.07, 6.45) is -5.31. The number of phenolic OH excluding ortho intramolecular Hbond substituents is 1. The van der Waals surface area contributed by atoms with Crippen molar-refractivity contribution in [1.82, 2.24) is 0 Å². The highest BCUT2D eigenvalue weighted by molar-refractivity contribution is 9.10. The Morgan fingerprint density at radius 1 is 1.25 bits per heavy atom. The normalized spacial score (nSPS) is 14.8. The van der Waals surface area contributed by atoms with Crippen LogP contribution in [0.2, 0.25) is 0 Å². The summed E-state index contributed by atoms with van der Waals surface area (Å²) < 4.78 is 69.1. The minimum absolute atomic E-state index is 0.321. The number of phenols is 1. The van der Waals surface area contributed by atoms with Crippen LogP contribution in [0.1, 0.15) is 0 Å². The van der Waals surface area contributed by atoms with E-state index in [2.05, 4.69) is 30.1 Å². The fourth-order valence-corrected chi connectivity index (χ4v) is 2.73. The van der Waals surface area contributed by atoms with E-state index in [1.165, 1.54) is 0 Å². The average Bonchev–Trinajstić information content (AvgIpc) is 2.65. The van der Waals surface area contributed by atoms with Gasteiger partial charge in [-0.1, -0.05) is 0 Å². The number of rotatable bonds is 4. The zero-order valence-corrected chi connectivity index (χ0v) is 15.8. The molecule has 0 saturated heterocycles. The maximum absolute atomic E-state index is 14.1. The van der Waals surface area contributed by atoms with Crippen LogP contribution in [0.5, 0.6) is 11.5 Å². The van der Waals surface area contributed by atoms with Crippen molar-refractivity contribution in [3.63, 3.8) is 0 Å². The smallest absolute Gasteiger partial charge is 0.503 e. The molecule has 0 saturated carbocycles. The molecule has 13 heteroatoms. The van der Waals surface area contributed by atoms with Crippen molar-refractivity contribution >= 4 is 33.6 Å². The zero-order chi connectivity index (χ0) is 21.2. The molecular weight excluding hydrogens is 462 g/mol. The number of anilines is 1. The van der Waals surface area contributed by atoms with E-state index in [0.29, 0.717) is 0 Å². The number of hydrogen-bond donors (Lipinski definition) is 1. The Hall–Kier alpha value is -2.54. The number of benzene rings is 1. The molecule has 0 radical (unpaired) electrons. The van der Waals surface area contributed by atoms with Crippen molar-refractivity contribution in [3.05, 3.63) is 27.6 Å². The molecule has 0 amide bonds. The molecule has 0 aromatic heterocycles. The number of carbonyl (C=O) groups excluding carboxylic acids is 2. The summed E-state index contributed by atoms with van der Waals surface area (Å²) >= 11 is 2.71. The quantitative estimate of drug-likeness (QED) is 0.526. The topological polar surface area (TPSA) is 94.5 Å². The van der Waals surface area contributed by atoms with Gasteiger partial charge in [-0.25, -0.2) is 14.0 Å². The van der Waals surface area contributed by atoms with Crippen LogP contribution in [0, 0.1) is 5.82 Å². The second kappa shape index (κ2) is 8.22. The highest BCUT2D eigenvalue weighted by Crippen LogP contribution is 2.46. The first kappa shape index (κ1) is 21.8. The second-order valence-electron chi connectivity index (χ2n) is 5.13. The maximum atomic E-state index is 14.1. The number of esters is 2. The van der Waals surface area contributed by atoms with E-state index in [0.717, 1.165) is 25.2 Å². The second-order valence-corrected chi connectivity index (χ2v) is 5.99. The van der Waals surface area contributed by atoms with Gasteiger partial charge in [0, 0.05) is 0 Å². The lowest BCUT2D eigenvalue weighted by molar-refractivity contribution is -0.276. The van der Waals surface area contributed by atoms with Crippen LogP contribution in [0.15, 0.2) is 21.8 Å². The van der Waals surface area contributed by atoms with Gasteiger partial charge in [-0.05, 0) is 22.0 Å². The average molecular weight is 474 g/mol. The van der Waals surface area contributed by atoms with Crippen LogP contribution < -0.4 is 9.64 Å². The van der Waals surface area contributed by atoms with E-state index in [4.69, 9.17) is 4.74 Å². The maximum Gasteiger partial charge on any atom is 0.573 e. The lowest BCUT2D eigenvalue weighted by atomic mass is 10.1. The Bertz CT molecular complexity index is 841. The zero-order valence-electron chi connectivity index (χ0n) is 14.2. The summed E-state index contributed by atoms with van der Waals surface area (Å²) in [4.78, 5) is 25.0. The SMILES string of the molecule is COC(=O)C1=C(C(=O)OC)N(c2cc(Br)c(F)c(OC(F)(F)F)c2O)COC1. The summed E-state index contributed by atoms with van der Waals surface area (Å²) in [6.45, 7) is -0.856. The number of nitrogens with zero attached hydrogens (tertiary/aromatic N) is 1. The molecule has 154 valence electrons. The van der Waals surface area contributed by atoms with Crippen molar-refractivity contribution in [2.75, 3.05) is 32.5 Å². The number of alkyl halides is 3. The van der Waals surface area contributed by atoms with E-state index >= 15 is 0 Å². The summed E-state index contributed by atoms with van der Waals surface area (Å²) in [6, 6.07) is 0.875. The molecule has 28 heavy (non-hydrogen) atoms. The fraction of sp³-hybridized carbons (Fsp3) is 0.333. The molecule has 0 atom stereocenters. The van der Waals surface area contributed by atoms with Gasteiger partial charge in [-0.3, -0.25) is 0 Å². The Balaban J connectivity index is 2.71. The molecule has 0 bridgehead atoms. The van der Waals surface area contributed by atoms with E-state index in [9.17, 15) is 32.3 Å². The third-order valence-electron chi connectivity index (χ3n) is 3.47. The Morgan fingerprint density at radius 3 is 2.39 bits per heavy atom. The first-order chi connectivity index (χ1) is 13.0. The van der Waals surface area contributed by atoms with Crippen LogP contribution >= 0.6 is 15.9 Å². The molecule has 1 aromatic rings. The van der Waals surface area contributed by atoms with Crippen LogP contribution in [0.25, 0.3) is 0 Å². The molecule has 2 rings (SSSR count). The van der Waals surface area contributed by atoms with Crippen LogP contribution in [0.3, 0.4) is 0 Å². The molecule has 0 aliphatic carbocycles. The predicted octanol–water partition coefficient (Wildman–Crippen LogP) is 2.59. The number of hydrogen-bond acceptors (Lipinski definition) is 8. The van der Waals surface area contributed by atoms with E-state index in [1.54, 1.807) is 0 Å². The molecule has 0 fully saturated rings. The molecular formula is C15H12BrF4NO7. The highest BCUT2D eigenvalue weighted by Gasteiger charge is 2.38. The van der Waals surface area contributed by atoms with Gasteiger partial charge in [0.2, 0.25) is 5.75 Å². The van der Waals surface area contributed by atoms with Gasteiger partial charge in [0.1, 0.15) is 12.4 Å². The summed E-state index contributed by atoms with van der Waals surface area (Å²) in [5.41, 5.74) is -1.31. The molecule has 1 aromatic carbocycles. The van der Waals surface area contributed by atoms with Gasteiger partial charge in [-0.2, -0.15) is 0 Å². The largest absolute Gasteiger partial charge is 0.573 e. The standard InChI is InChI=1S/C15H12BrF4NO7/c1-25-13(23)6-4-27-5-21(10(6)14(24)26-2)8-3-7(16)9(17)12(11(8)22)28-15(18,19)20/h3,22H,4-5H2,1-2H3. The number of carbonyl (C=O) groups is 2. The number of ether oxygens (including phenoxy) is 4. The first-order valence-electron chi connectivity index (χ1n) is 7.23. The minimum atomic E-state index is -5.31. The third kappa shape index (κ3) is 4.30. The van der Waals surface area contributed by atoms with Crippen molar-refractivity contribution in [1.29, 1.82) is 0 Å². The van der Waals surface area contributed by atoms with Crippen LogP contribution in [-0.2, 0) is 23.8 Å². The van der Waals surface area contributed by atoms with Crippen molar-refractivity contribution in [3.8, 4) is 11.5 Å². The molecule has 1 aliphatic heterocycles. The highest BCUT2D eigenvalue weighted by atomic mass is 79.9. The Kier molecular flexibility index (Phi) is 6.39. The molecule has 1 heterocycles. The lowest BCUT2D eigenvalue weighted by Gasteiger charge is -2.32. The van der Waals surface area contributed by atoms with Gasteiger partial charge in [-0.15, -0.1) is 13.2 Å². The monoisotopic (exact) mass is 473 g/mol. The molecule has 1 aliphatic rings. The summed E-state index contributed by atoms with van der Waals surface area (Å²) in [5, 5.41) is 10.2. The number of aromatic hydroxyl groups is 1. The molecule has 1 N–H and O–H groups in total. The summed E-state index contributed by atoms with van der Waals surface area (Å²) in [5.74, 6) is -6.40. The molecule has 8 nitrogen and oxygen atoms in total. The van der Waals surface area contributed by atoms with Crippen molar-refractivity contribution in [2.45, 2.75) is 6.36 Å². The fourth-order valence-electron chi connectivity index (χ4n) is 2.33. The first-order valence-corrected chi connectivity index (χ1v) is 8.02. The predicted molar refractivity (Wildman–Crippen MR) is 86.8 cm³/mol. The third-order valence-corrected chi connectivity index (χ3v) is 4.05. The number of halogens is 5. The molecule has 0 spiro atoms. The van der Waals surface area contributed by atoms with Gasteiger partial charge in [0.15, 0.2) is 11.6 Å². The van der Waals surface area contributed by atoms with Gasteiger partial charge >= 0.3 is 18.3 Å². The molecule has 0 unspecified atom stereocenters. The van der Waals surface area contributed by atoms with Gasteiger partial charge < -0.3 is 29.0 Å². The van der Waals surface area contributed by atoms with Crippen molar-refractivity contribution < 1.29 is 51.2 Å². The Labute approximate surface area is 163 Å². The van der Waals surface area contributed by atoms with Gasteiger partial charge in [0.05, 0.1) is 36.6 Å². The lowest BCUT2D eigenvalue weighted by Crippen LogP contribution is -2.39. The van der Waals surface area contributed by atoms with E-state index in [1.807, 2.05) is 0 Å². The van der Waals surface area contributed by atoms with Gasteiger partial charge in [0.25, 0.3) is 0 Å². The van der Waals surface area contributed by atoms with Crippen LogP contribution in [-0.4, -0.2) is 51.0 Å². The summed E-state index contributed by atoms with van der Waals surface area (Å²) in [7, 11) is 2.03. The van der Waals surface area contributed by atoms with Crippen molar-refractivity contribution in [2.24, 2.45) is 0 Å². The van der Waals surface area contributed by atoms with E-state index < -0.39 is 58.2 Å². The minimum Gasteiger partial charge on any atom is -0.503 e. The van der Waals surface area contributed by atoms with Crippen LogP contribution in [0.4, 0.5) is 23.2 Å². The van der Waals surface area contributed by atoms with E-state index in [-0.39, 0.29) is 12.2 Å². The number of methoxy groups -OCH3 is 2. The Morgan fingerprint density at radius 2 is 1.86 bits per heavy atom.